The number of amides is 1. The molecule has 2 N–H and O–H groups in total. The second kappa shape index (κ2) is 9.40. The molecule has 1 aliphatic rings. The van der Waals surface area contributed by atoms with Gasteiger partial charge in [0, 0.05) is 12.1 Å². The fourth-order valence-electron chi connectivity index (χ4n) is 2.99. The van der Waals surface area contributed by atoms with Crippen molar-refractivity contribution in [2.24, 2.45) is 0 Å². The molecule has 1 aromatic rings. The molecule has 23 heavy (non-hydrogen) atoms. The lowest BCUT2D eigenvalue weighted by atomic mass is 9.97. The maximum absolute atomic E-state index is 12.2. The van der Waals surface area contributed by atoms with Crippen LogP contribution in [-0.2, 0) is 4.79 Å². The summed E-state index contributed by atoms with van der Waals surface area (Å²) in [5.74, 6) is 1.26. The van der Waals surface area contributed by atoms with Gasteiger partial charge < -0.3 is 20.1 Å². The average molecular weight is 320 g/mol. The Kier molecular flexibility index (Phi) is 7.20. The van der Waals surface area contributed by atoms with Crippen LogP contribution in [0.5, 0.6) is 11.5 Å². The molecule has 0 radical (unpaired) electrons. The number of carbonyl (C=O) groups is 1. The van der Waals surface area contributed by atoms with Crippen LogP contribution >= 0.6 is 0 Å². The lowest BCUT2D eigenvalue weighted by Crippen LogP contribution is -2.36. The first kappa shape index (κ1) is 17.6. The van der Waals surface area contributed by atoms with Crippen molar-refractivity contribution in [3.63, 3.8) is 0 Å². The lowest BCUT2D eigenvalue weighted by Gasteiger charge is -2.21. The van der Waals surface area contributed by atoms with Crippen LogP contribution in [0.3, 0.4) is 0 Å². The lowest BCUT2D eigenvalue weighted by molar-refractivity contribution is -0.115. The minimum absolute atomic E-state index is 0.0458. The van der Waals surface area contributed by atoms with Gasteiger partial charge in [-0.15, -0.1) is 0 Å². The summed E-state index contributed by atoms with van der Waals surface area (Å²) in [5, 5.41) is 6.29. The summed E-state index contributed by atoms with van der Waals surface area (Å²) in [6, 6.07) is 5.82. The summed E-state index contributed by atoms with van der Waals surface area (Å²) < 4.78 is 10.5. The van der Waals surface area contributed by atoms with Gasteiger partial charge in [0.05, 0.1) is 26.5 Å². The Balaban J connectivity index is 1.84. The molecule has 0 aliphatic heterocycles. The molecule has 0 saturated heterocycles. The predicted octanol–water partition coefficient (Wildman–Crippen LogP) is 3.34. The fraction of sp³-hybridized carbons (Fsp3) is 0.611. The summed E-state index contributed by atoms with van der Waals surface area (Å²) in [5.41, 5.74) is 0.665. The highest BCUT2D eigenvalue weighted by Gasteiger charge is 2.13. The summed E-state index contributed by atoms with van der Waals surface area (Å²) >= 11 is 0. The molecule has 0 heterocycles. The number of ether oxygens (including phenoxy) is 2. The van der Waals surface area contributed by atoms with Gasteiger partial charge in [0.25, 0.3) is 0 Å². The number of nitrogens with one attached hydrogen (secondary N) is 2. The Bertz CT molecular complexity index is 497. The Hall–Kier alpha value is -1.75. The third-order valence-electron chi connectivity index (χ3n) is 4.34. The Morgan fingerprint density at radius 3 is 2.43 bits per heavy atom. The molecule has 5 nitrogen and oxygen atoms in total. The zero-order chi connectivity index (χ0) is 16.5. The van der Waals surface area contributed by atoms with E-state index in [-0.39, 0.29) is 5.91 Å². The van der Waals surface area contributed by atoms with Gasteiger partial charge >= 0.3 is 0 Å². The molecule has 128 valence electrons. The number of hydrogen-bond donors (Lipinski definition) is 2. The van der Waals surface area contributed by atoms with Gasteiger partial charge in [-0.25, -0.2) is 0 Å². The first-order chi connectivity index (χ1) is 11.2. The summed E-state index contributed by atoms with van der Waals surface area (Å²) in [4.78, 5) is 12.2. The number of rotatable bonds is 6. The van der Waals surface area contributed by atoms with Crippen LogP contribution in [0.25, 0.3) is 0 Å². The van der Waals surface area contributed by atoms with Crippen molar-refractivity contribution in [3.05, 3.63) is 18.2 Å². The van der Waals surface area contributed by atoms with E-state index in [1.54, 1.807) is 32.4 Å². The number of benzene rings is 1. The van der Waals surface area contributed by atoms with Crippen LogP contribution < -0.4 is 20.1 Å². The third kappa shape index (κ3) is 5.75. The van der Waals surface area contributed by atoms with E-state index >= 15 is 0 Å². The SMILES string of the molecule is COc1ccc(NC(=O)CNC2CCCCCCC2)c(OC)c1. The largest absolute Gasteiger partial charge is 0.497 e. The van der Waals surface area contributed by atoms with Gasteiger partial charge in [-0.3, -0.25) is 4.79 Å². The summed E-state index contributed by atoms with van der Waals surface area (Å²) in [6.07, 6.45) is 8.82. The van der Waals surface area contributed by atoms with Crippen LogP contribution in [0.2, 0.25) is 0 Å². The monoisotopic (exact) mass is 320 g/mol. The van der Waals surface area contributed by atoms with E-state index < -0.39 is 0 Å². The molecule has 1 aromatic carbocycles. The molecule has 1 amide bonds. The van der Waals surface area contributed by atoms with Gasteiger partial charge in [-0.05, 0) is 25.0 Å². The number of hydrogen-bond acceptors (Lipinski definition) is 4. The maximum atomic E-state index is 12.2. The van der Waals surface area contributed by atoms with Crippen LogP contribution in [0.1, 0.15) is 44.9 Å². The molecule has 0 atom stereocenters. The first-order valence-corrected chi connectivity index (χ1v) is 8.48. The van der Waals surface area contributed by atoms with Crippen molar-refractivity contribution in [3.8, 4) is 11.5 Å². The molecule has 1 aliphatic carbocycles. The minimum Gasteiger partial charge on any atom is -0.497 e. The molecule has 5 heteroatoms. The zero-order valence-corrected chi connectivity index (χ0v) is 14.2. The Morgan fingerprint density at radius 1 is 1.09 bits per heavy atom. The van der Waals surface area contributed by atoms with E-state index in [1.807, 2.05) is 0 Å². The standard InChI is InChI=1S/C18H28N2O3/c1-22-15-10-11-16(17(12-15)23-2)20-18(21)13-19-14-8-6-4-3-5-7-9-14/h10-12,14,19H,3-9,13H2,1-2H3,(H,20,21). The maximum Gasteiger partial charge on any atom is 0.238 e. The zero-order valence-electron chi connectivity index (χ0n) is 14.2. The van der Waals surface area contributed by atoms with Gasteiger partial charge in [0.2, 0.25) is 5.91 Å². The van der Waals surface area contributed by atoms with Crippen molar-refractivity contribution in [2.75, 3.05) is 26.1 Å². The molecular formula is C18H28N2O3. The van der Waals surface area contributed by atoms with Gasteiger partial charge in [-0.2, -0.15) is 0 Å². The van der Waals surface area contributed by atoms with Crippen LogP contribution in [0, 0.1) is 0 Å². The van der Waals surface area contributed by atoms with Crippen molar-refractivity contribution >= 4 is 11.6 Å². The number of carbonyl (C=O) groups excluding carboxylic acids is 1. The van der Waals surface area contributed by atoms with Crippen molar-refractivity contribution in [1.29, 1.82) is 0 Å². The molecule has 0 spiro atoms. The predicted molar refractivity (Wildman–Crippen MR) is 92.3 cm³/mol. The summed E-state index contributed by atoms with van der Waals surface area (Å²) in [7, 11) is 3.18. The first-order valence-electron chi connectivity index (χ1n) is 8.48. The van der Waals surface area contributed by atoms with E-state index in [2.05, 4.69) is 10.6 Å². The van der Waals surface area contributed by atoms with Crippen LogP contribution in [0.4, 0.5) is 5.69 Å². The van der Waals surface area contributed by atoms with Crippen molar-refractivity contribution in [2.45, 2.75) is 51.0 Å². The van der Waals surface area contributed by atoms with Crippen molar-refractivity contribution < 1.29 is 14.3 Å². The Morgan fingerprint density at radius 2 is 1.78 bits per heavy atom. The van der Waals surface area contributed by atoms with Crippen LogP contribution in [-0.4, -0.2) is 32.7 Å². The van der Waals surface area contributed by atoms with E-state index in [9.17, 15) is 4.79 Å². The number of methoxy groups -OCH3 is 2. The van der Waals surface area contributed by atoms with Crippen LogP contribution in [0.15, 0.2) is 18.2 Å². The van der Waals surface area contributed by atoms with Gasteiger partial charge in [0.15, 0.2) is 0 Å². The minimum atomic E-state index is -0.0458. The quantitative estimate of drug-likeness (QED) is 0.844. The van der Waals surface area contributed by atoms with Gasteiger partial charge in [-0.1, -0.05) is 32.1 Å². The molecule has 1 fully saturated rings. The van der Waals surface area contributed by atoms with E-state index in [4.69, 9.17) is 9.47 Å². The van der Waals surface area contributed by atoms with Crippen molar-refractivity contribution in [1.82, 2.24) is 5.32 Å². The highest BCUT2D eigenvalue weighted by Crippen LogP contribution is 2.28. The second-order valence-electron chi connectivity index (χ2n) is 6.04. The molecule has 2 rings (SSSR count). The smallest absolute Gasteiger partial charge is 0.238 e. The number of anilines is 1. The van der Waals surface area contributed by atoms with E-state index in [1.165, 1.54) is 44.9 Å². The molecular weight excluding hydrogens is 292 g/mol. The third-order valence-corrected chi connectivity index (χ3v) is 4.34. The second-order valence-corrected chi connectivity index (χ2v) is 6.04. The Labute approximate surface area is 138 Å². The highest BCUT2D eigenvalue weighted by atomic mass is 16.5. The van der Waals surface area contributed by atoms with Gasteiger partial charge in [0.1, 0.15) is 11.5 Å². The molecule has 1 saturated carbocycles. The van der Waals surface area contributed by atoms with E-state index in [0.717, 1.165) is 0 Å². The molecule has 0 bridgehead atoms. The highest BCUT2D eigenvalue weighted by molar-refractivity contribution is 5.93. The average Bonchev–Trinajstić information content (AvgIpc) is 2.54. The molecule has 0 unspecified atom stereocenters. The summed E-state index contributed by atoms with van der Waals surface area (Å²) in [6.45, 7) is 0.333. The fourth-order valence-corrected chi connectivity index (χ4v) is 2.99. The topological polar surface area (TPSA) is 59.6 Å². The normalized spacial score (nSPS) is 16.3. The molecule has 0 aromatic heterocycles. The van der Waals surface area contributed by atoms with E-state index in [0.29, 0.717) is 29.8 Å².